The molecule has 0 aliphatic carbocycles. The van der Waals surface area contributed by atoms with Crippen LogP contribution in [0.4, 0.5) is 27.9 Å². The summed E-state index contributed by atoms with van der Waals surface area (Å²) in [6, 6.07) is 0.121. The zero-order chi connectivity index (χ0) is 23.2. The molecule has 1 unspecified atom stereocenters. The number of alkyl halides is 3. The number of rotatable bonds is 4. The van der Waals surface area contributed by atoms with E-state index in [1.807, 2.05) is 4.90 Å². The number of phenolic OH excluding ortho intramolecular Hbond substituents is 1. The number of aryl methyl sites for hydroxylation is 1. The molecule has 4 rings (SSSR count). The first-order valence-corrected chi connectivity index (χ1v) is 9.45. The van der Waals surface area contributed by atoms with Gasteiger partial charge in [0.1, 0.15) is 5.69 Å². The predicted octanol–water partition coefficient (Wildman–Crippen LogP) is 2.88. The van der Waals surface area contributed by atoms with Gasteiger partial charge in [-0.3, -0.25) is 0 Å². The Kier molecular flexibility index (Phi) is 5.63. The van der Waals surface area contributed by atoms with Crippen LogP contribution >= 0.6 is 0 Å². The molecule has 0 spiro atoms. The van der Waals surface area contributed by atoms with Crippen molar-refractivity contribution in [2.75, 3.05) is 38.4 Å². The van der Waals surface area contributed by atoms with Crippen molar-refractivity contribution in [3.05, 3.63) is 29.5 Å². The van der Waals surface area contributed by atoms with Gasteiger partial charge in [0.2, 0.25) is 5.95 Å². The lowest BCUT2D eigenvalue weighted by Gasteiger charge is -2.35. The fourth-order valence-corrected chi connectivity index (χ4v) is 3.62. The molecule has 3 aromatic rings. The van der Waals surface area contributed by atoms with Crippen molar-refractivity contribution in [2.45, 2.75) is 12.2 Å². The largest absolute Gasteiger partial charge is 0.503 e. The molecule has 2 aromatic heterocycles. The summed E-state index contributed by atoms with van der Waals surface area (Å²) in [5.74, 6) is -5.07. The predicted molar refractivity (Wildman–Crippen MR) is 102 cm³/mol. The molecule has 13 heteroatoms. The summed E-state index contributed by atoms with van der Waals surface area (Å²) in [5, 5.41) is 13.8. The van der Waals surface area contributed by atoms with Crippen LogP contribution < -0.4 is 4.90 Å². The number of aromatic nitrogens is 4. The van der Waals surface area contributed by atoms with Crippen LogP contribution in [0.25, 0.3) is 22.3 Å². The summed E-state index contributed by atoms with van der Waals surface area (Å²) in [6.07, 6.45) is -3.85. The van der Waals surface area contributed by atoms with E-state index in [0.717, 1.165) is 0 Å². The molecule has 8 nitrogen and oxygen atoms in total. The van der Waals surface area contributed by atoms with Gasteiger partial charge >= 0.3 is 6.18 Å². The van der Waals surface area contributed by atoms with Crippen molar-refractivity contribution in [1.82, 2.24) is 19.7 Å². The first-order chi connectivity index (χ1) is 15.1. The van der Waals surface area contributed by atoms with E-state index in [4.69, 9.17) is 9.47 Å². The van der Waals surface area contributed by atoms with Crippen LogP contribution in [0.5, 0.6) is 5.75 Å². The lowest BCUT2D eigenvalue weighted by atomic mass is 10.0. The van der Waals surface area contributed by atoms with Gasteiger partial charge in [0.15, 0.2) is 23.0 Å². The molecule has 0 amide bonds. The number of anilines is 1. The van der Waals surface area contributed by atoms with Gasteiger partial charge in [-0.15, -0.1) is 0 Å². The zero-order valence-electron chi connectivity index (χ0n) is 17.0. The first kappa shape index (κ1) is 22.1. The number of ether oxygens (including phenoxy) is 2. The minimum atomic E-state index is -5.15. The van der Waals surface area contributed by atoms with Crippen LogP contribution in [0.3, 0.4) is 0 Å². The molecule has 1 aliphatic heterocycles. The summed E-state index contributed by atoms with van der Waals surface area (Å²) < 4.78 is 79.9. The summed E-state index contributed by atoms with van der Waals surface area (Å²) in [6.45, 7) is 1.68. The van der Waals surface area contributed by atoms with Crippen LogP contribution in [0, 0.1) is 11.6 Å². The zero-order valence-corrected chi connectivity index (χ0v) is 17.0. The van der Waals surface area contributed by atoms with E-state index in [0.29, 0.717) is 32.3 Å². The number of hydrogen-bond acceptors (Lipinski definition) is 7. The van der Waals surface area contributed by atoms with Gasteiger partial charge in [0, 0.05) is 32.5 Å². The molecular formula is C19H18F5N5O3. The van der Waals surface area contributed by atoms with Gasteiger partial charge in [-0.25, -0.2) is 18.4 Å². The van der Waals surface area contributed by atoms with E-state index in [2.05, 4.69) is 15.1 Å². The number of methoxy groups -OCH3 is 1. The number of benzene rings is 1. The highest BCUT2D eigenvalue weighted by atomic mass is 19.4. The van der Waals surface area contributed by atoms with E-state index in [1.165, 1.54) is 17.9 Å². The van der Waals surface area contributed by atoms with Crippen LogP contribution in [-0.4, -0.2) is 64.4 Å². The number of nitrogens with zero attached hydrogens (tertiary/aromatic N) is 5. The number of hydrogen-bond donors (Lipinski definition) is 1. The average Bonchev–Trinajstić information content (AvgIpc) is 3.08. The van der Waals surface area contributed by atoms with Crippen LogP contribution in [0.2, 0.25) is 0 Å². The molecule has 0 radical (unpaired) electrons. The van der Waals surface area contributed by atoms with E-state index in [1.54, 1.807) is 7.11 Å². The van der Waals surface area contributed by atoms with E-state index in [9.17, 15) is 27.1 Å². The standard InChI is InChI=1S/C19H18F5N5O3/c1-28-17-11(6-25-18(26-17)29-3-4-32-8-9(29)7-31-2)15(27-28)10-5-12(19(22,23)24)14(21)16(30)13(10)20/h5-6,9,30H,3-4,7-8H2,1-2H3. The highest BCUT2D eigenvalue weighted by Gasteiger charge is 2.38. The SMILES string of the molecule is COCC1COCCN1c1ncc2c(-c3cc(C(F)(F)F)c(F)c(O)c3F)nn(C)c2n1. The Bertz CT molecular complexity index is 1160. The van der Waals surface area contributed by atoms with Crippen molar-refractivity contribution < 1.29 is 36.5 Å². The molecule has 1 N–H and O–H groups in total. The summed E-state index contributed by atoms with van der Waals surface area (Å²) in [4.78, 5) is 10.6. The van der Waals surface area contributed by atoms with E-state index in [-0.39, 0.29) is 28.8 Å². The summed E-state index contributed by atoms with van der Waals surface area (Å²) in [5.41, 5.74) is -2.58. The van der Waals surface area contributed by atoms with Gasteiger partial charge in [-0.05, 0) is 6.07 Å². The maximum Gasteiger partial charge on any atom is 0.419 e. The second-order valence-electron chi connectivity index (χ2n) is 7.20. The van der Waals surface area contributed by atoms with E-state index >= 15 is 0 Å². The Hall–Kier alpha value is -3.06. The van der Waals surface area contributed by atoms with Crippen LogP contribution in [0.1, 0.15) is 5.56 Å². The van der Waals surface area contributed by atoms with Gasteiger partial charge in [-0.1, -0.05) is 0 Å². The normalized spacial score (nSPS) is 17.3. The highest BCUT2D eigenvalue weighted by Crippen LogP contribution is 2.41. The van der Waals surface area contributed by atoms with Gasteiger partial charge < -0.3 is 19.5 Å². The molecule has 1 fully saturated rings. The van der Waals surface area contributed by atoms with Crippen LogP contribution in [0.15, 0.2) is 12.3 Å². The van der Waals surface area contributed by atoms with Crippen molar-refractivity contribution in [3.8, 4) is 17.0 Å². The molecule has 1 aromatic carbocycles. The Labute approximate surface area is 178 Å². The fraction of sp³-hybridized carbons (Fsp3) is 0.421. The summed E-state index contributed by atoms with van der Waals surface area (Å²) in [7, 11) is 3.02. The van der Waals surface area contributed by atoms with Crippen molar-refractivity contribution in [3.63, 3.8) is 0 Å². The van der Waals surface area contributed by atoms with Gasteiger partial charge in [-0.2, -0.15) is 23.3 Å². The molecule has 0 saturated carbocycles. The number of morpholine rings is 1. The third-order valence-electron chi connectivity index (χ3n) is 5.15. The molecule has 32 heavy (non-hydrogen) atoms. The minimum Gasteiger partial charge on any atom is -0.503 e. The quantitative estimate of drug-likeness (QED) is 0.601. The second-order valence-corrected chi connectivity index (χ2v) is 7.20. The highest BCUT2D eigenvalue weighted by molar-refractivity contribution is 5.91. The lowest BCUT2D eigenvalue weighted by molar-refractivity contribution is -0.140. The number of aromatic hydroxyl groups is 1. The molecule has 0 bridgehead atoms. The Morgan fingerprint density at radius 3 is 2.72 bits per heavy atom. The van der Waals surface area contributed by atoms with Gasteiger partial charge in [0.05, 0.1) is 36.8 Å². The second kappa shape index (κ2) is 8.13. The maximum absolute atomic E-state index is 14.6. The monoisotopic (exact) mass is 459 g/mol. The molecular weight excluding hydrogens is 441 g/mol. The lowest BCUT2D eigenvalue weighted by Crippen LogP contribution is -2.48. The molecule has 1 atom stereocenters. The smallest absolute Gasteiger partial charge is 0.419 e. The van der Waals surface area contributed by atoms with Crippen molar-refractivity contribution >= 4 is 17.0 Å². The maximum atomic E-state index is 14.6. The first-order valence-electron chi connectivity index (χ1n) is 9.45. The fourth-order valence-electron chi connectivity index (χ4n) is 3.62. The Balaban J connectivity index is 1.84. The van der Waals surface area contributed by atoms with Crippen molar-refractivity contribution in [2.24, 2.45) is 7.05 Å². The number of fused-ring (bicyclic) bond motifs is 1. The third kappa shape index (κ3) is 3.71. The Morgan fingerprint density at radius 2 is 2.03 bits per heavy atom. The molecule has 172 valence electrons. The number of halogens is 5. The minimum absolute atomic E-state index is 0.130. The molecule has 3 heterocycles. The van der Waals surface area contributed by atoms with Gasteiger partial charge in [0.25, 0.3) is 0 Å². The topological polar surface area (TPSA) is 85.5 Å². The Morgan fingerprint density at radius 1 is 1.28 bits per heavy atom. The third-order valence-corrected chi connectivity index (χ3v) is 5.15. The average molecular weight is 459 g/mol. The summed E-state index contributed by atoms with van der Waals surface area (Å²) >= 11 is 0. The molecule has 1 saturated heterocycles. The van der Waals surface area contributed by atoms with Crippen LogP contribution in [-0.2, 0) is 22.7 Å². The van der Waals surface area contributed by atoms with Crippen molar-refractivity contribution in [1.29, 1.82) is 0 Å². The number of phenols is 1. The van der Waals surface area contributed by atoms with E-state index < -0.39 is 34.7 Å². The molecule has 1 aliphatic rings.